The van der Waals surface area contributed by atoms with Gasteiger partial charge >= 0.3 is 0 Å². The highest BCUT2D eigenvalue weighted by Gasteiger charge is 2.17. The van der Waals surface area contributed by atoms with Crippen LogP contribution in [-0.4, -0.2) is 25.7 Å². The van der Waals surface area contributed by atoms with Crippen LogP contribution in [0.3, 0.4) is 0 Å². The van der Waals surface area contributed by atoms with Crippen molar-refractivity contribution in [2.75, 3.05) is 0 Å². The van der Waals surface area contributed by atoms with E-state index in [0.29, 0.717) is 11.5 Å². The summed E-state index contributed by atoms with van der Waals surface area (Å²) in [6.07, 6.45) is 1.56. The van der Waals surface area contributed by atoms with Gasteiger partial charge in [-0.15, -0.1) is 10.2 Å². The van der Waals surface area contributed by atoms with Crippen LogP contribution in [0.15, 0.2) is 53.6 Å². The minimum atomic E-state index is -0.452. The van der Waals surface area contributed by atoms with Crippen LogP contribution in [-0.2, 0) is 7.05 Å². The number of nitrogens with one attached hydrogen (secondary N) is 2. The number of carbonyl (C=O) groups excluding carboxylic acids is 1. The first-order valence-electron chi connectivity index (χ1n) is 7.50. The van der Waals surface area contributed by atoms with Gasteiger partial charge in [0.25, 0.3) is 11.5 Å². The van der Waals surface area contributed by atoms with Crippen molar-refractivity contribution in [3.05, 3.63) is 70.5 Å². The summed E-state index contributed by atoms with van der Waals surface area (Å²) in [4.78, 5) is 27.3. The monoisotopic (exact) mass is 323 g/mol. The normalized spacial score (nSPS) is 11.9. The van der Waals surface area contributed by atoms with Gasteiger partial charge in [-0.1, -0.05) is 30.3 Å². The fourth-order valence-electron chi connectivity index (χ4n) is 2.46. The largest absolute Gasteiger partial charge is 0.342 e. The van der Waals surface area contributed by atoms with Gasteiger partial charge in [0.05, 0.1) is 6.04 Å². The van der Waals surface area contributed by atoms with E-state index in [4.69, 9.17) is 0 Å². The highest BCUT2D eigenvalue weighted by Crippen LogP contribution is 2.15. The number of nitrogens with zero attached hydrogens (tertiary/aromatic N) is 3. The third kappa shape index (κ3) is 3.10. The zero-order valence-corrected chi connectivity index (χ0v) is 13.4. The maximum atomic E-state index is 12.3. The lowest BCUT2D eigenvalue weighted by Gasteiger charge is -2.12. The minimum absolute atomic E-state index is 0.0590. The summed E-state index contributed by atoms with van der Waals surface area (Å²) in [5.74, 6) is 0.159. The summed E-state index contributed by atoms with van der Waals surface area (Å²) in [5.41, 5.74) is 1.18. The number of benzene rings is 1. The van der Waals surface area contributed by atoms with Gasteiger partial charge in [-0.3, -0.25) is 9.59 Å². The highest BCUT2D eigenvalue weighted by molar-refractivity contribution is 5.94. The molecule has 0 fully saturated rings. The Morgan fingerprint density at radius 1 is 1.21 bits per heavy atom. The molecule has 0 saturated heterocycles. The van der Waals surface area contributed by atoms with E-state index in [-0.39, 0.29) is 11.6 Å². The Bertz CT molecular complexity index is 914. The fraction of sp³-hybridized carbons (Fsp3) is 0.176. The summed E-state index contributed by atoms with van der Waals surface area (Å²) in [5, 5.41) is 10.5. The number of H-pyrrole nitrogens is 1. The molecule has 2 aromatic heterocycles. The Morgan fingerprint density at radius 2 is 1.96 bits per heavy atom. The Morgan fingerprint density at radius 3 is 2.58 bits per heavy atom. The molecular weight excluding hydrogens is 306 g/mol. The van der Waals surface area contributed by atoms with Gasteiger partial charge in [-0.2, -0.15) is 0 Å². The van der Waals surface area contributed by atoms with Gasteiger partial charge in [-0.05, 0) is 24.6 Å². The van der Waals surface area contributed by atoms with Crippen molar-refractivity contribution in [2.24, 2.45) is 7.05 Å². The number of aromatic amines is 1. The van der Waals surface area contributed by atoms with E-state index < -0.39 is 11.5 Å². The molecule has 3 rings (SSSR count). The second-order valence-electron chi connectivity index (χ2n) is 5.48. The lowest BCUT2D eigenvalue weighted by molar-refractivity contribution is 0.0936. The lowest BCUT2D eigenvalue weighted by Crippen LogP contribution is -2.32. The number of aromatic nitrogens is 4. The number of hydrogen-bond acceptors (Lipinski definition) is 4. The zero-order valence-electron chi connectivity index (χ0n) is 13.4. The van der Waals surface area contributed by atoms with Crippen molar-refractivity contribution in [3.8, 4) is 11.3 Å². The quantitative estimate of drug-likeness (QED) is 0.764. The molecule has 1 amide bonds. The summed E-state index contributed by atoms with van der Waals surface area (Å²) in [7, 11) is 1.79. The number of aryl methyl sites for hydroxylation is 1. The Balaban J connectivity index is 1.81. The molecule has 1 atom stereocenters. The zero-order chi connectivity index (χ0) is 17.1. The Kier molecular flexibility index (Phi) is 4.24. The topological polar surface area (TPSA) is 92.7 Å². The van der Waals surface area contributed by atoms with Crippen molar-refractivity contribution >= 4 is 5.91 Å². The highest BCUT2D eigenvalue weighted by atomic mass is 16.2. The van der Waals surface area contributed by atoms with Crippen LogP contribution in [0.4, 0.5) is 0 Å². The molecule has 3 aromatic rings. The number of hydrogen-bond donors (Lipinski definition) is 2. The first-order valence-corrected chi connectivity index (χ1v) is 7.50. The predicted molar refractivity (Wildman–Crippen MR) is 89.4 cm³/mol. The third-order valence-electron chi connectivity index (χ3n) is 3.72. The molecule has 0 bridgehead atoms. The van der Waals surface area contributed by atoms with E-state index in [0.717, 1.165) is 5.56 Å². The lowest BCUT2D eigenvalue weighted by atomic mass is 10.1. The van der Waals surface area contributed by atoms with Crippen LogP contribution in [0.5, 0.6) is 0 Å². The fourth-order valence-corrected chi connectivity index (χ4v) is 2.46. The van der Waals surface area contributed by atoms with Crippen LogP contribution < -0.4 is 10.9 Å². The van der Waals surface area contributed by atoms with Crippen LogP contribution in [0.2, 0.25) is 0 Å². The molecule has 0 unspecified atom stereocenters. The smallest absolute Gasteiger partial charge is 0.261 e. The van der Waals surface area contributed by atoms with Gasteiger partial charge in [0, 0.05) is 12.7 Å². The molecule has 0 aliphatic heterocycles. The second kappa shape index (κ2) is 6.49. The van der Waals surface area contributed by atoms with Crippen LogP contribution >= 0.6 is 0 Å². The second-order valence-corrected chi connectivity index (χ2v) is 5.48. The van der Waals surface area contributed by atoms with Crippen molar-refractivity contribution in [3.63, 3.8) is 0 Å². The molecule has 7 nitrogen and oxygen atoms in total. The van der Waals surface area contributed by atoms with Gasteiger partial charge in [0.2, 0.25) is 0 Å². The molecule has 0 spiro atoms. The molecule has 122 valence electrons. The van der Waals surface area contributed by atoms with Crippen molar-refractivity contribution in [2.45, 2.75) is 13.0 Å². The maximum absolute atomic E-state index is 12.3. The van der Waals surface area contributed by atoms with Gasteiger partial charge in [0.1, 0.15) is 11.9 Å². The minimum Gasteiger partial charge on any atom is -0.342 e. The average molecular weight is 323 g/mol. The predicted octanol–water partition coefficient (Wildman–Crippen LogP) is 1.66. The first kappa shape index (κ1) is 15.7. The number of carbonyl (C=O) groups is 1. The van der Waals surface area contributed by atoms with Crippen molar-refractivity contribution in [1.82, 2.24) is 25.1 Å². The van der Waals surface area contributed by atoms with Gasteiger partial charge in [-0.25, -0.2) is 0 Å². The molecule has 0 saturated carbocycles. The van der Waals surface area contributed by atoms with E-state index in [1.54, 1.807) is 30.9 Å². The summed E-state index contributed by atoms with van der Waals surface area (Å²) in [6.45, 7) is 1.79. The van der Waals surface area contributed by atoms with Crippen molar-refractivity contribution in [1.29, 1.82) is 0 Å². The van der Waals surface area contributed by atoms with Crippen LogP contribution in [0.25, 0.3) is 11.3 Å². The molecular formula is C17H17N5O2. The number of pyridine rings is 1. The summed E-state index contributed by atoms with van der Waals surface area (Å²) < 4.78 is 1.72. The van der Waals surface area contributed by atoms with E-state index >= 15 is 0 Å². The third-order valence-corrected chi connectivity index (χ3v) is 3.72. The van der Waals surface area contributed by atoms with E-state index in [9.17, 15) is 9.59 Å². The van der Waals surface area contributed by atoms with E-state index in [1.165, 1.54) is 6.07 Å². The number of amides is 1. The molecule has 0 radical (unpaired) electrons. The summed E-state index contributed by atoms with van der Waals surface area (Å²) in [6, 6.07) is 12.3. The molecule has 24 heavy (non-hydrogen) atoms. The Hall–Kier alpha value is -3.22. The average Bonchev–Trinajstić information content (AvgIpc) is 3.01. The molecule has 1 aromatic carbocycles. The number of rotatable bonds is 4. The van der Waals surface area contributed by atoms with Crippen LogP contribution in [0, 0.1) is 0 Å². The maximum Gasteiger partial charge on any atom is 0.261 e. The molecule has 7 heteroatoms. The van der Waals surface area contributed by atoms with Crippen LogP contribution in [0.1, 0.15) is 29.1 Å². The Labute approximate surface area is 138 Å². The summed E-state index contributed by atoms with van der Waals surface area (Å²) >= 11 is 0. The standard InChI is InChI=1S/C17H17N5O2/c1-11(15-21-18-10-22(15)2)19-16(23)13-8-9-14(20-17(13)24)12-6-4-3-5-7-12/h3-11H,1-2H3,(H,19,23)(H,20,24)/t11-/m0/s1. The molecule has 2 heterocycles. The van der Waals surface area contributed by atoms with E-state index in [1.807, 2.05) is 30.3 Å². The van der Waals surface area contributed by atoms with Gasteiger partial charge < -0.3 is 14.9 Å². The molecule has 2 N–H and O–H groups in total. The van der Waals surface area contributed by atoms with Gasteiger partial charge in [0.15, 0.2) is 5.82 Å². The molecule has 0 aliphatic rings. The van der Waals surface area contributed by atoms with E-state index in [2.05, 4.69) is 20.5 Å². The first-order chi connectivity index (χ1) is 11.6. The molecule has 0 aliphatic carbocycles. The van der Waals surface area contributed by atoms with Crippen molar-refractivity contribution < 1.29 is 4.79 Å². The SMILES string of the molecule is C[C@H](NC(=O)c1ccc(-c2ccccc2)[nH]c1=O)c1nncn1C.